The van der Waals surface area contributed by atoms with Crippen molar-refractivity contribution >= 4 is 126 Å². The maximum atomic E-state index is 2.45. The fourth-order valence-electron chi connectivity index (χ4n) is 8.95. The van der Waals surface area contributed by atoms with Crippen LogP contribution in [0.3, 0.4) is 0 Å². The van der Waals surface area contributed by atoms with Crippen molar-refractivity contribution in [3.8, 4) is 44.5 Å². The van der Waals surface area contributed by atoms with E-state index in [2.05, 4.69) is 182 Å². The molecule has 0 atom stereocenters. The van der Waals surface area contributed by atoms with E-state index in [0.29, 0.717) is 0 Å². The van der Waals surface area contributed by atoms with E-state index in [4.69, 9.17) is 0 Å². The summed E-state index contributed by atoms with van der Waals surface area (Å²) >= 11 is 7.60. The molecule has 0 saturated carbocycles. The SMILES string of the molecule is c1ccc(-c2ccc3sc4cc5sc6ccc(-c7cccc(-c8ccc9sc%10cc%11sc%12ccc(-c%13ccccc%13)cc%12c%11cc%10c9c8)c7)cc6c5cc4c3c2)cc1. The van der Waals surface area contributed by atoms with Crippen molar-refractivity contribution in [1.29, 1.82) is 0 Å². The quantitative estimate of drug-likeness (QED) is 0.166. The normalized spacial score (nSPS) is 12.1. The molecule has 9 aromatic carbocycles. The molecule has 13 rings (SSSR count). The van der Waals surface area contributed by atoms with Gasteiger partial charge in [-0.2, -0.15) is 0 Å². The van der Waals surface area contributed by atoms with E-state index in [0.717, 1.165) is 0 Å². The monoisotopic (exact) mass is 806 g/mol. The van der Waals surface area contributed by atoms with Gasteiger partial charge in [0.05, 0.1) is 0 Å². The first-order valence-electron chi connectivity index (χ1n) is 19.5. The van der Waals surface area contributed by atoms with Crippen LogP contribution in [-0.2, 0) is 0 Å². The lowest BCUT2D eigenvalue weighted by Gasteiger charge is -2.07. The highest BCUT2D eigenvalue weighted by Gasteiger charge is 2.16. The summed E-state index contributed by atoms with van der Waals surface area (Å²) in [5.74, 6) is 0. The Morgan fingerprint density at radius 3 is 0.793 bits per heavy atom. The highest BCUT2D eigenvalue weighted by molar-refractivity contribution is 7.28. The molecule has 4 heteroatoms. The van der Waals surface area contributed by atoms with Gasteiger partial charge in [0.15, 0.2) is 0 Å². The topological polar surface area (TPSA) is 0 Å². The van der Waals surface area contributed by atoms with Crippen LogP contribution in [-0.4, -0.2) is 0 Å². The van der Waals surface area contributed by atoms with Crippen LogP contribution in [0.25, 0.3) is 125 Å². The third kappa shape index (κ3) is 5.16. The van der Waals surface area contributed by atoms with Crippen LogP contribution in [0.5, 0.6) is 0 Å². The number of hydrogen-bond acceptors (Lipinski definition) is 4. The van der Waals surface area contributed by atoms with Crippen molar-refractivity contribution in [3.63, 3.8) is 0 Å². The summed E-state index contributed by atoms with van der Waals surface area (Å²) in [6.45, 7) is 0. The maximum Gasteiger partial charge on any atom is 0.0369 e. The van der Waals surface area contributed by atoms with Crippen LogP contribution >= 0.6 is 45.3 Å². The van der Waals surface area contributed by atoms with E-state index in [-0.39, 0.29) is 0 Å². The Bertz CT molecular complexity index is 3540. The van der Waals surface area contributed by atoms with Gasteiger partial charge >= 0.3 is 0 Å². The van der Waals surface area contributed by atoms with Gasteiger partial charge < -0.3 is 0 Å². The minimum atomic E-state index is 1.24. The van der Waals surface area contributed by atoms with E-state index >= 15 is 0 Å². The molecule has 0 amide bonds. The molecule has 4 heterocycles. The van der Waals surface area contributed by atoms with E-state index in [9.17, 15) is 0 Å². The summed E-state index contributed by atoms with van der Waals surface area (Å²) in [6.07, 6.45) is 0. The van der Waals surface area contributed by atoms with Crippen molar-refractivity contribution in [2.45, 2.75) is 0 Å². The fourth-order valence-corrected chi connectivity index (χ4v) is 13.5. The fraction of sp³-hybridized carbons (Fsp3) is 0. The van der Waals surface area contributed by atoms with Gasteiger partial charge in [0.25, 0.3) is 0 Å². The minimum Gasteiger partial charge on any atom is -0.135 e. The van der Waals surface area contributed by atoms with E-state index < -0.39 is 0 Å². The highest BCUT2D eigenvalue weighted by atomic mass is 32.1. The average Bonchev–Trinajstić information content (AvgIpc) is 4.03. The summed E-state index contributed by atoms with van der Waals surface area (Å²) in [7, 11) is 0. The number of benzene rings is 9. The molecule has 58 heavy (non-hydrogen) atoms. The maximum absolute atomic E-state index is 2.45. The minimum absolute atomic E-state index is 1.24. The number of fused-ring (bicyclic) bond motifs is 12. The predicted octanol–water partition coefficient (Wildman–Crippen LogP) is 17.8. The summed E-state index contributed by atoms with van der Waals surface area (Å²) in [4.78, 5) is 0. The Balaban J connectivity index is 0.897. The van der Waals surface area contributed by atoms with Gasteiger partial charge in [0.2, 0.25) is 0 Å². The van der Waals surface area contributed by atoms with Crippen LogP contribution in [0, 0.1) is 0 Å². The molecule has 0 spiro atoms. The molecule has 0 saturated heterocycles. The van der Waals surface area contributed by atoms with Gasteiger partial charge in [-0.1, -0.05) is 103 Å². The number of thiophene rings is 4. The molecule has 0 fully saturated rings. The zero-order valence-electron chi connectivity index (χ0n) is 31.0. The number of hydrogen-bond donors (Lipinski definition) is 0. The van der Waals surface area contributed by atoms with Gasteiger partial charge in [0, 0.05) is 80.7 Å². The Kier molecular flexibility index (Phi) is 7.19. The Morgan fingerprint density at radius 1 is 0.172 bits per heavy atom. The Hall–Kier alpha value is -6.14. The van der Waals surface area contributed by atoms with Crippen LogP contribution in [0.1, 0.15) is 0 Å². The Labute approximate surface area is 350 Å². The highest BCUT2D eigenvalue weighted by Crippen LogP contribution is 2.46. The second kappa shape index (κ2) is 12.7. The molecule has 270 valence electrons. The predicted molar refractivity (Wildman–Crippen MR) is 260 cm³/mol. The van der Waals surface area contributed by atoms with Gasteiger partial charge in [-0.25, -0.2) is 0 Å². The van der Waals surface area contributed by atoms with Crippen LogP contribution in [0.2, 0.25) is 0 Å². The summed E-state index contributed by atoms with van der Waals surface area (Å²) in [5, 5.41) is 10.7. The van der Waals surface area contributed by atoms with E-state index in [1.54, 1.807) is 0 Å². The molecular formula is C54H30S4. The zero-order chi connectivity index (χ0) is 37.9. The van der Waals surface area contributed by atoms with Crippen molar-refractivity contribution in [3.05, 3.63) is 182 Å². The first kappa shape index (κ1) is 32.9. The standard InChI is InChI=1S/C54H30S4/c1-3-8-31(9-4-1)35-14-18-47-39(23-35)43-27-45-41-25-37(16-20-49(41)57-53(45)29-51(43)55-47)33-12-7-13-34(22-33)38-17-21-50-42(26-38)46-28-44-40-24-36(32-10-5-2-6-11-32)15-19-48(40)56-52(44)30-54(46)58-50/h1-30H. The molecule has 0 nitrogen and oxygen atoms in total. The zero-order valence-corrected chi connectivity index (χ0v) is 34.2. The van der Waals surface area contributed by atoms with Crippen LogP contribution in [0.4, 0.5) is 0 Å². The van der Waals surface area contributed by atoms with Gasteiger partial charge in [-0.15, -0.1) is 45.3 Å². The van der Waals surface area contributed by atoms with Gasteiger partial charge in [-0.3, -0.25) is 0 Å². The molecule has 0 N–H and O–H groups in total. The van der Waals surface area contributed by atoms with Gasteiger partial charge in [0.1, 0.15) is 0 Å². The molecule has 0 bridgehead atoms. The second-order valence-corrected chi connectivity index (χ2v) is 19.6. The molecule has 0 aliphatic heterocycles. The summed E-state index contributed by atoms with van der Waals surface area (Å²) < 4.78 is 10.8. The van der Waals surface area contributed by atoms with Gasteiger partial charge in [-0.05, 0) is 123 Å². The second-order valence-electron chi connectivity index (χ2n) is 15.3. The van der Waals surface area contributed by atoms with Crippen molar-refractivity contribution in [2.24, 2.45) is 0 Å². The van der Waals surface area contributed by atoms with E-state index in [1.165, 1.54) is 125 Å². The largest absolute Gasteiger partial charge is 0.135 e. The van der Waals surface area contributed by atoms with Crippen molar-refractivity contribution < 1.29 is 0 Å². The van der Waals surface area contributed by atoms with Crippen molar-refractivity contribution in [2.75, 3.05) is 0 Å². The summed E-state index contributed by atoms with van der Waals surface area (Å²) in [6, 6.07) is 68.2. The third-order valence-electron chi connectivity index (χ3n) is 11.9. The molecule has 0 unspecified atom stereocenters. The first-order chi connectivity index (χ1) is 28.7. The lowest BCUT2D eigenvalue weighted by Crippen LogP contribution is -1.82. The molecule has 0 radical (unpaired) electrons. The average molecular weight is 807 g/mol. The number of rotatable bonds is 4. The molecule has 4 aromatic heterocycles. The Morgan fingerprint density at radius 2 is 0.448 bits per heavy atom. The molecule has 13 aromatic rings. The van der Waals surface area contributed by atoms with Crippen molar-refractivity contribution in [1.82, 2.24) is 0 Å². The van der Waals surface area contributed by atoms with Crippen LogP contribution < -0.4 is 0 Å². The van der Waals surface area contributed by atoms with E-state index in [1.807, 2.05) is 45.3 Å². The smallest absolute Gasteiger partial charge is 0.0369 e. The molecule has 0 aliphatic carbocycles. The lowest BCUT2D eigenvalue weighted by atomic mass is 9.96. The summed E-state index contributed by atoms with van der Waals surface area (Å²) in [5.41, 5.74) is 10.0. The van der Waals surface area contributed by atoms with Crippen LogP contribution in [0.15, 0.2) is 182 Å². The lowest BCUT2D eigenvalue weighted by molar-refractivity contribution is 1.62. The first-order valence-corrected chi connectivity index (χ1v) is 22.8. The molecule has 0 aliphatic rings. The molecular weight excluding hydrogens is 777 g/mol. The third-order valence-corrected chi connectivity index (χ3v) is 16.4.